The second-order valence-corrected chi connectivity index (χ2v) is 6.98. The molecule has 1 fully saturated rings. The summed E-state index contributed by atoms with van der Waals surface area (Å²) in [5, 5.41) is 0. The topological polar surface area (TPSA) is 43.2 Å². The maximum atomic E-state index is 12.9. The van der Waals surface area contributed by atoms with Crippen LogP contribution < -0.4 is 14.4 Å². The quantitative estimate of drug-likeness (QED) is 0.824. The van der Waals surface area contributed by atoms with Gasteiger partial charge in [0.05, 0.1) is 51.5 Å². The standard InChI is InChI=1S/C21H23F3N2O3/c1-28-17-6-7-19(29-2)18(13-17)20(27)26-10-8-25(9-11-26)14-15-4-3-5-16(12-15)21(22,23)24/h3-7,12-13H,8-11,14H2,1-2H3/p+1. The van der Waals surface area contributed by atoms with E-state index >= 15 is 0 Å². The first kappa shape index (κ1) is 21.0. The number of nitrogens with one attached hydrogen (secondary N) is 1. The van der Waals surface area contributed by atoms with Gasteiger partial charge in [0, 0.05) is 5.56 Å². The van der Waals surface area contributed by atoms with Crippen molar-refractivity contribution in [3.05, 3.63) is 59.2 Å². The van der Waals surface area contributed by atoms with E-state index in [2.05, 4.69) is 0 Å². The number of hydrogen-bond donors (Lipinski definition) is 1. The van der Waals surface area contributed by atoms with E-state index in [9.17, 15) is 18.0 Å². The van der Waals surface area contributed by atoms with Crippen LogP contribution in [0.15, 0.2) is 42.5 Å². The smallest absolute Gasteiger partial charge is 0.416 e. The van der Waals surface area contributed by atoms with Crippen molar-refractivity contribution in [2.24, 2.45) is 0 Å². The van der Waals surface area contributed by atoms with Gasteiger partial charge in [-0.15, -0.1) is 0 Å². The second-order valence-electron chi connectivity index (χ2n) is 6.98. The molecule has 0 radical (unpaired) electrons. The number of carbonyl (C=O) groups is 1. The molecule has 3 rings (SSSR count). The van der Waals surface area contributed by atoms with Crippen molar-refractivity contribution in [2.75, 3.05) is 40.4 Å². The minimum absolute atomic E-state index is 0.140. The number of hydrogen-bond acceptors (Lipinski definition) is 3. The summed E-state index contributed by atoms with van der Waals surface area (Å²) in [6.07, 6.45) is -4.34. The van der Waals surface area contributed by atoms with Crippen LogP contribution in [0, 0.1) is 0 Å². The van der Waals surface area contributed by atoms with E-state index in [-0.39, 0.29) is 5.91 Å². The Kier molecular flexibility index (Phi) is 6.32. The summed E-state index contributed by atoms with van der Waals surface area (Å²) in [6.45, 7) is 2.86. The molecule has 156 valence electrons. The molecule has 0 aromatic heterocycles. The van der Waals surface area contributed by atoms with Crippen LogP contribution in [0.5, 0.6) is 11.5 Å². The molecule has 1 heterocycles. The number of piperazine rings is 1. The fourth-order valence-electron chi connectivity index (χ4n) is 3.50. The summed E-state index contributed by atoms with van der Waals surface area (Å²) < 4.78 is 49.2. The highest BCUT2D eigenvalue weighted by molar-refractivity contribution is 5.97. The van der Waals surface area contributed by atoms with Crippen molar-refractivity contribution in [1.82, 2.24) is 4.90 Å². The van der Waals surface area contributed by atoms with Crippen molar-refractivity contribution in [2.45, 2.75) is 12.7 Å². The molecule has 0 unspecified atom stereocenters. The van der Waals surface area contributed by atoms with Crippen LogP contribution in [0.3, 0.4) is 0 Å². The Morgan fingerprint density at radius 3 is 2.41 bits per heavy atom. The maximum Gasteiger partial charge on any atom is 0.416 e. The van der Waals surface area contributed by atoms with Crippen LogP contribution >= 0.6 is 0 Å². The third kappa shape index (κ3) is 5.00. The number of methoxy groups -OCH3 is 2. The Hall–Kier alpha value is -2.74. The molecule has 8 heteroatoms. The highest BCUT2D eigenvalue weighted by Gasteiger charge is 2.31. The predicted molar refractivity (Wildman–Crippen MR) is 101 cm³/mol. The van der Waals surface area contributed by atoms with Crippen LogP contribution in [-0.4, -0.2) is 51.2 Å². The molecular formula is C21H24F3N2O3+. The summed E-state index contributed by atoms with van der Waals surface area (Å²) in [5.74, 6) is 0.913. The van der Waals surface area contributed by atoms with Crippen molar-refractivity contribution in [1.29, 1.82) is 0 Å². The Bertz CT molecular complexity index is 862. The summed E-state index contributed by atoms with van der Waals surface area (Å²) in [6, 6.07) is 10.5. The van der Waals surface area contributed by atoms with Gasteiger partial charge >= 0.3 is 6.18 Å². The maximum absolute atomic E-state index is 12.9. The summed E-state index contributed by atoms with van der Waals surface area (Å²) in [7, 11) is 3.04. The molecule has 0 aliphatic carbocycles. The highest BCUT2D eigenvalue weighted by atomic mass is 19.4. The Balaban J connectivity index is 1.63. The van der Waals surface area contributed by atoms with E-state index in [1.165, 1.54) is 26.4 Å². The summed E-state index contributed by atoms with van der Waals surface area (Å²) in [4.78, 5) is 15.8. The monoisotopic (exact) mass is 409 g/mol. The lowest BCUT2D eigenvalue weighted by Crippen LogP contribution is -3.13. The van der Waals surface area contributed by atoms with Crippen molar-refractivity contribution < 1.29 is 32.3 Å². The Morgan fingerprint density at radius 1 is 1.07 bits per heavy atom. The molecule has 1 amide bonds. The van der Waals surface area contributed by atoms with Gasteiger partial charge in [0.2, 0.25) is 0 Å². The van der Waals surface area contributed by atoms with Crippen molar-refractivity contribution in [3.8, 4) is 11.5 Å². The number of quaternary nitrogens is 1. The van der Waals surface area contributed by atoms with Gasteiger partial charge in [-0.1, -0.05) is 12.1 Å². The minimum atomic E-state index is -4.34. The van der Waals surface area contributed by atoms with Crippen LogP contribution in [0.25, 0.3) is 0 Å². The van der Waals surface area contributed by atoms with Gasteiger partial charge in [-0.25, -0.2) is 0 Å². The molecule has 1 saturated heterocycles. The van der Waals surface area contributed by atoms with Gasteiger partial charge in [0.1, 0.15) is 18.0 Å². The molecule has 0 atom stereocenters. The largest absolute Gasteiger partial charge is 0.497 e. The molecule has 2 aromatic carbocycles. The summed E-state index contributed by atoms with van der Waals surface area (Å²) >= 11 is 0. The van der Waals surface area contributed by atoms with E-state index in [0.29, 0.717) is 55.3 Å². The Labute approximate surface area is 167 Å². The third-order valence-electron chi connectivity index (χ3n) is 5.10. The number of ether oxygens (including phenoxy) is 2. The SMILES string of the molecule is COc1ccc(OC)c(C(=O)N2CC[NH+](Cc3cccc(C(F)(F)F)c3)CC2)c1. The molecule has 0 saturated carbocycles. The average molecular weight is 409 g/mol. The summed E-state index contributed by atoms with van der Waals surface area (Å²) in [5.41, 5.74) is 0.450. The lowest BCUT2D eigenvalue weighted by Gasteiger charge is -2.32. The minimum Gasteiger partial charge on any atom is -0.497 e. The number of amides is 1. The van der Waals surface area contributed by atoms with Crippen LogP contribution in [-0.2, 0) is 12.7 Å². The lowest BCUT2D eigenvalue weighted by atomic mass is 10.1. The van der Waals surface area contributed by atoms with E-state index in [4.69, 9.17) is 9.47 Å². The predicted octanol–water partition coefficient (Wildman–Crippen LogP) is 2.26. The zero-order valence-corrected chi connectivity index (χ0v) is 16.4. The van der Waals surface area contributed by atoms with Crippen LogP contribution in [0.1, 0.15) is 21.5 Å². The Morgan fingerprint density at radius 2 is 1.79 bits per heavy atom. The van der Waals surface area contributed by atoms with Gasteiger partial charge < -0.3 is 19.3 Å². The first-order valence-corrected chi connectivity index (χ1v) is 9.33. The zero-order valence-electron chi connectivity index (χ0n) is 16.4. The van der Waals surface area contributed by atoms with Crippen molar-refractivity contribution in [3.63, 3.8) is 0 Å². The number of alkyl halides is 3. The molecule has 1 N–H and O–H groups in total. The van der Waals surface area contributed by atoms with E-state index in [1.807, 2.05) is 0 Å². The van der Waals surface area contributed by atoms with Gasteiger partial charge in [-0.2, -0.15) is 13.2 Å². The molecule has 5 nitrogen and oxygen atoms in total. The van der Waals surface area contributed by atoms with Gasteiger partial charge in [0.25, 0.3) is 5.91 Å². The molecule has 2 aromatic rings. The average Bonchev–Trinajstić information content (AvgIpc) is 2.73. The molecule has 1 aliphatic rings. The number of carbonyl (C=O) groups excluding carboxylic acids is 1. The fraction of sp³-hybridized carbons (Fsp3) is 0.381. The lowest BCUT2D eigenvalue weighted by molar-refractivity contribution is -0.917. The number of rotatable bonds is 5. The van der Waals surface area contributed by atoms with E-state index < -0.39 is 11.7 Å². The normalized spacial score (nSPS) is 15.3. The van der Waals surface area contributed by atoms with Crippen molar-refractivity contribution >= 4 is 5.91 Å². The first-order valence-electron chi connectivity index (χ1n) is 9.33. The number of halogens is 3. The molecule has 29 heavy (non-hydrogen) atoms. The molecule has 1 aliphatic heterocycles. The number of benzene rings is 2. The zero-order chi connectivity index (χ0) is 21.0. The second kappa shape index (κ2) is 8.73. The van der Waals surface area contributed by atoms with Crippen LogP contribution in [0.2, 0.25) is 0 Å². The highest BCUT2D eigenvalue weighted by Crippen LogP contribution is 2.29. The van der Waals surface area contributed by atoms with E-state index in [0.717, 1.165) is 11.0 Å². The van der Waals surface area contributed by atoms with Gasteiger partial charge in [-0.3, -0.25) is 4.79 Å². The van der Waals surface area contributed by atoms with E-state index in [1.54, 1.807) is 29.2 Å². The molecule has 0 spiro atoms. The van der Waals surface area contributed by atoms with Gasteiger partial charge in [-0.05, 0) is 30.3 Å². The molecular weight excluding hydrogens is 385 g/mol. The van der Waals surface area contributed by atoms with Gasteiger partial charge in [0.15, 0.2) is 0 Å². The van der Waals surface area contributed by atoms with Crippen LogP contribution in [0.4, 0.5) is 13.2 Å². The fourth-order valence-corrected chi connectivity index (χ4v) is 3.50. The first-order chi connectivity index (χ1) is 13.8. The third-order valence-corrected chi connectivity index (χ3v) is 5.10. The number of nitrogens with zero attached hydrogens (tertiary/aromatic N) is 1. The molecule has 0 bridgehead atoms.